The SMILES string of the molecule is Cc1ccccc1CNc1nc2c(s1)CCCC2C(=O)O. The number of aryl methyl sites for hydroxylation is 2. The first kappa shape index (κ1) is 14.1. The van der Waals surface area contributed by atoms with Gasteiger partial charge in [-0.05, 0) is 37.3 Å². The van der Waals surface area contributed by atoms with Gasteiger partial charge in [-0.15, -0.1) is 11.3 Å². The molecule has 0 bridgehead atoms. The fraction of sp³-hybridized carbons (Fsp3) is 0.375. The molecule has 5 heteroatoms. The van der Waals surface area contributed by atoms with Crippen LogP contribution in [-0.2, 0) is 17.8 Å². The molecule has 2 N–H and O–H groups in total. The highest BCUT2D eigenvalue weighted by Gasteiger charge is 2.29. The van der Waals surface area contributed by atoms with Crippen LogP contribution in [0.5, 0.6) is 0 Å². The first-order valence-corrected chi connectivity index (χ1v) is 7.97. The summed E-state index contributed by atoms with van der Waals surface area (Å²) in [5.74, 6) is -1.19. The van der Waals surface area contributed by atoms with Gasteiger partial charge in [0.1, 0.15) is 5.92 Å². The summed E-state index contributed by atoms with van der Waals surface area (Å²) in [7, 11) is 0. The minimum Gasteiger partial charge on any atom is -0.481 e. The summed E-state index contributed by atoms with van der Waals surface area (Å²) in [6.07, 6.45) is 2.58. The number of carbonyl (C=O) groups is 1. The molecular weight excluding hydrogens is 284 g/mol. The van der Waals surface area contributed by atoms with Gasteiger partial charge in [0.05, 0.1) is 5.69 Å². The molecule has 0 fully saturated rings. The van der Waals surface area contributed by atoms with Crippen LogP contribution in [0.1, 0.15) is 40.5 Å². The quantitative estimate of drug-likeness (QED) is 0.906. The smallest absolute Gasteiger partial charge is 0.312 e. The molecule has 3 rings (SSSR count). The van der Waals surface area contributed by atoms with Gasteiger partial charge in [0.2, 0.25) is 0 Å². The Hall–Kier alpha value is -1.88. The van der Waals surface area contributed by atoms with Gasteiger partial charge in [-0.1, -0.05) is 24.3 Å². The van der Waals surface area contributed by atoms with Gasteiger partial charge in [-0.3, -0.25) is 4.79 Å². The molecule has 0 spiro atoms. The van der Waals surface area contributed by atoms with Crippen molar-refractivity contribution < 1.29 is 9.90 Å². The highest BCUT2D eigenvalue weighted by Crippen LogP contribution is 2.36. The van der Waals surface area contributed by atoms with E-state index in [0.717, 1.165) is 35.1 Å². The largest absolute Gasteiger partial charge is 0.481 e. The second kappa shape index (κ2) is 5.85. The summed E-state index contributed by atoms with van der Waals surface area (Å²) in [6.45, 7) is 2.81. The summed E-state index contributed by atoms with van der Waals surface area (Å²) < 4.78 is 0. The van der Waals surface area contributed by atoms with Crippen molar-refractivity contribution in [1.82, 2.24) is 4.98 Å². The lowest BCUT2D eigenvalue weighted by atomic mass is 9.91. The van der Waals surface area contributed by atoms with Crippen LogP contribution in [0.25, 0.3) is 0 Å². The molecule has 0 aliphatic heterocycles. The lowest BCUT2D eigenvalue weighted by Crippen LogP contribution is -2.17. The van der Waals surface area contributed by atoms with Crippen molar-refractivity contribution in [3.63, 3.8) is 0 Å². The Morgan fingerprint density at radius 1 is 1.48 bits per heavy atom. The van der Waals surface area contributed by atoms with Crippen molar-refractivity contribution in [3.8, 4) is 0 Å². The number of benzene rings is 1. The van der Waals surface area contributed by atoms with Crippen LogP contribution >= 0.6 is 11.3 Å². The van der Waals surface area contributed by atoms with E-state index >= 15 is 0 Å². The van der Waals surface area contributed by atoms with Crippen LogP contribution in [0.3, 0.4) is 0 Å². The van der Waals surface area contributed by atoms with Crippen molar-refractivity contribution in [2.24, 2.45) is 0 Å². The minimum atomic E-state index is -0.758. The van der Waals surface area contributed by atoms with Gasteiger partial charge in [-0.2, -0.15) is 0 Å². The molecule has 0 amide bonds. The van der Waals surface area contributed by atoms with E-state index in [9.17, 15) is 9.90 Å². The Kier molecular flexibility index (Phi) is 3.92. The number of carboxylic acids is 1. The lowest BCUT2D eigenvalue weighted by molar-refractivity contribution is -0.139. The normalized spacial score (nSPS) is 17.3. The van der Waals surface area contributed by atoms with Crippen LogP contribution in [0.2, 0.25) is 0 Å². The summed E-state index contributed by atoms with van der Waals surface area (Å²) >= 11 is 1.60. The predicted molar refractivity (Wildman–Crippen MR) is 83.9 cm³/mol. The van der Waals surface area contributed by atoms with Crippen LogP contribution < -0.4 is 5.32 Å². The molecule has 1 unspecified atom stereocenters. The zero-order valence-corrected chi connectivity index (χ0v) is 12.7. The third-order valence-corrected chi connectivity index (χ3v) is 5.03. The van der Waals surface area contributed by atoms with Crippen molar-refractivity contribution >= 4 is 22.4 Å². The number of aromatic nitrogens is 1. The monoisotopic (exact) mass is 302 g/mol. The van der Waals surface area contributed by atoms with Crippen LogP contribution in [0.15, 0.2) is 24.3 Å². The minimum absolute atomic E-state index is 0.431. The zero-order valence-electron chi connectivity index (χ0n) is 11.9. The summed E-state index contributed by atoms with van der Waals surface area (Å²) in [5.41, 5.74) is 3.25. The molecular formula is C16H18N2O2S. The van der Waals surface area contributed by atoms with Crippen molar-refractivity contribution in [2.75, 3.05) is 5.32 Å². The molecule has 21 heavy (non-hydrogen) atoms. The average Bonchev–Trinajstić information content (AvgIpc) is 2.88. The second-order valence-electron chi connectivity index (χ2n) is 5.39. The van der Waals surface area contributed by atoms with Gasteiger partial charge >= 0.3 is 5.97 Å². The maximum atomic E-state index is 11.3. The highest BCUT2D eigenvalue weighted by molar-refractivity contribution is 7.15. The molecule has 1 atom stereocenters. The number of anilines is 1. The van der Waals surface area contributed by atoms with Gasteiger partial charge in [-0.25, -0.2) is 4.98 Å². The molecule has 1 aromatic heterocycles. The molecule has 2 aromatic rings. The number of hydrogen-bond acceptors (Lipinski definition) is 4. The van der Waals surface area contributed by atoms with Gasteiger partial charge in [0.15, 0.2) is 5.13 Å². The van der Waals surface area contributed by atoms with Crippen LogP contribution in [0.4, 0.5) is 5.13 Å². The lowest BCUT2D eigenvalue weighted by Gasteiger charge is -2.16. The van der Waals surface area contributed by atoms with E-state index in [4.69, 9.17) is 0 Å². The highest BCUT2D eigenvalue weighted by atomic mass is 32.1. The van der Waals surface area contributed by atoms with E-state index in [-0.39, 0.29) is 0 Å². The first-order chi connectivity index (χ1) is 10.1. The fourth-order valence-electron chi connectivity index (χ4n) is 2.71. The third kappa shape index (κ3) is 2.93. The van der Waals surface area contributed by atoms with E-state index in [0.29, 0.717) is 6.42 Å². The maximum Gasteiger partial charge on any atom is 0.312 e. The van der Waals surface area contributed by atoms with Gasteiger partial charge < -0.3 is 10.4 Å². The van der Waals surface area contributed by atoms with E-state index < -0.39 is 11.9 Å². The van der Waals surface area contributed by atoms with E-state index in [1.165, 1.54) is 11.1 Å². The fourth-order valence-corrected chi connectivity index (χ4v) is 3.77. The van der Waals surface area contributed by atoms with Crippen LogP contribution in [0, 0.1) is 6.92 Å². The number of fused-ring (bicyclic) bond motifs is 1. The Labute approximate surface area is 127 Å². The van der Waals surface area contributed by atoms with E-state index in [1.807, 2.05) is 12.1 Å². The summed E-state index contributed by atoms with van der Waals surface area (Å²) in [6, 6.07) is 8.23. The number of nitrogens with one attached hydrogen (secondary N) is 1. The Bertz CT molecular complexity index is 666. The number of thiazole rings is 1. The van der Waals surface area contributed by atoms with Gasteiger partial charge in [0, 0.05) is 11.4 Å². The van der Waals surface area contributed by atoms with Crippen LogP contribution in [-0.4, -0.2) is 16.1 Å². The van der Waals surface area contributed by atoms with Gasteiger partial charge in [0.25, 0.3) is 0 Å². The molecule has 1 aliphatic carbocycles. The standard InChI is InChI=1S/C16H18N2O2S/c1-10-5-2-3-6-11(10)9-17-16-18-14-12(15(19)20)7-4-8-13(14)21-16/h2-3,5-6,12H,4,7-9H2,1H3,(H,17,18)(H,19,20). The molecule has 0 radical (unpaired) electrons. The number of aliphatic carboxylic acids is 1. The molecule has 0 saturated carbocycles. The molecule has 1 aromatic carbocycles. The Balaban J connectivity index is 1.76. The summed E-state index contributed by atoms with van der Waals surface area (Å²) in [5, 5.41) is 13.4. The van der Waals surface area contributed by atoms with Crippen molar-refractivity contribution in [2.45, 2.75) is 38.6 Å². The molecule has 1 heterocycles. The second-order valence-corrected chi connectivity index (χ2v) is 6.47. The number of nitrogens with zero attached hydrogens (tertiary/aromatic N) is 1. The Morgan fingerprint density at radius 3 is 3.05 bits per heavy atom. The maximum absolute atomic E-state index is 11.3. The zero-order chi connectivity index (χ0) is 14.8. The Morgan fingerprint density at radius 2 is 2.29 bits per heavy atom. The number of carboxylic acid groups (broad SMARTS) is 1. The molecule has 1 aliphatic rings. The molecule has 4 nitrogen and oxygen atoms in total. The first-order valence-electron chi connectivity index (χ1n) is 7.16. The number of hydrogen-bond donors (Lipinski definition) is 2. The third-order valence-electron chi connectivity index (χ3n) is 3.94. The average molecular weight is 302 g/mol. The topological polar surface area (TPSA) is 62.2 Å². The molecule has 0 saturated heterocycles. The summed E-state index contributed by atoms with van der Waals surface area (Å²) in [4.78, 5) is 16.9. The molecule has 110 valence electrons. The predicted octanol–water partition coefficient (Wildman–Crippen LogP) is 3.57. The number of rotatable bonds is 4. The van der Waals surface area contributed by atoms with E-state index in [2.05, 4.69) is 29.4 Å². The van der Waals surface area contributed by atoms with Crippen molar-refractivity contribution in [1.29, 1.82) is 0 Å². The van der Waals surface area contributed by atoms with Crippen molar-refractivity contribution in [3.05, 3.63) is 46.0 Å². The van der Waals surface area contributed by atoms with E-state index in [1.54, 1.807) is 11.3 Å².